The van der Waals surface area contributed by atoms with E-state index in [1.54, 1.807) is 43.5 Å². The van der Waals surface area contributed by atoms with Gasteiger partial charge in [0.2, 0.25) is 0 Å². The van der Waals surface area contributed by atoms with Crippen molar-refractivity contribution >= 4 is 29.1 Å². The second-order valence-corrected chi connectivity index (χ2v) is 7.29. The monoisotopic (exact) mass is 429 g/mol. The second-order valence-electron chi connectivity index (χ2n) is 6.85. The van der Waals surface area contributed by atoms with Crippen LogP contribution in [0.2, 0.25) is 5.02 Å². The van der Waals surface area contributed by atoms with Crippen LogP contribution in [0.5, 0.6) is 5.75 Å². The van der Waals surface area contributed by atoms with Crippen LogP contribution in [0.1, 0.15) is 30.5 Å². The highest BCUT2D eigenvalue weighted by molar-refractivity contribution is 6.46. The second kappa shape index (κ2) is 9.78. The summed E-state index contributed by atoms with van der Waals surface area (Å²) in [4.78, 5) is 27.2. The van der Waals surface area contributed by atoms with Crippen molar-refractivity contribution in [1.29, 1.82) is 0 Å². The van der Waals surface area contributed by atoms with Gasteiger partial charge < -0.3 is 19.5 Å². The van der Waals surface area contributed by atoms with Crippen LogP contribution in [0, 0.1) is 0 Å². The van der Waals surface area contributed by atoms with Gasteiger partial charge in [0, 0.05) is 30.8 Å². The van der Waals surface area contributed by atoms with Crippen molar-refractivity contribution in [3.63, 3.8) is 0 Å². The van der Waals surface area contributed by atoms with E-state index in [1.807, 2.05) is 19.1 Å². The zero-order valence-corrected chi connectivity index (χ0v) is 17.7. The number of aliphatic hydroxyl groups excluding tert-OH is 1. The molecule has 0 aromatic heterocycles. The summed E-state index contributed by atoms with van der Waals surface area (Å²) in [5, 5.41) is 11.5. The molecule has 1 aliphatic heterocycles. The fourth-order valence-electron chi connectivity index (χ4n) is 3.54. The lowest BCUT2D eigenvalue weighted by Crippen LogP contribution is -2.31. The number of Topliss-reactive ketones (excluding diaryl/α,β-unsaturated/α-hetero) is 1. The van der Waals surface area contributed by atoms with Crippen LogP contribution in [-0.4, -0.2) is 48.6 Å². The number of methoxy groups -OCH3 is 1. The summed E-state index contributed by atoms with van der Waals surface area (Å²) >= 11 is 5.94. The number of carbonyl (C=O) groups is 2. The minimum absolute atomic E-state index is 0.0494. The Balaban J connectivity index is 2.11. The van der Waals surface area contributed by atoms with Crippen molar-refractivity contribution in [3.8, 4) is 5.75 Å². The Hall–Kier alpha value is -2.83. The Labute approximate surface area is 180 Å². The third-order valence-electron chi connectivity index (χ3n) is 4.89. The van der Waals surface area contributed by atoms with E-state index in [0.29, 0.717) is 48.1 Å². The molecule has 1 unspecified atom stereocenters. The maximum atomic E-state index is 12.9. The molecule has 30 heavy (non-hydrogen) atoms. The molecule has 1 N–H and O–H groups in total. The Kier molecular flexibility index (Phi) is 7.13. The molecule has 6 nitrogen and oxygen atoms in total. The summed E-state index contributed by atoms with van der Waals surface area (Å²) in [6, 6.07) is 13.0. The molecule has 0 aliphatic carbocycles. The average molecular weight is 430 g/mol. The average Bonchev–Trinajstić information content (AvgIpc) is 2.99. The number of benzene rings is 2. The first-order chi connectivity index (χ1) is 14.5. The molecule has 7 heteroatoms. The normalized spacial score (nSPS) is 18.1. The quantitative estimate of drug-likeness (QED) is 0.294. The lowest BCUT2D eigenvalue weighted by Gasteiger charge is -2.25. The summed E-state index contributed by atoms with van der Waals surface area (Å²) in [6.07, 6.45) is 0.562. The third-order valence-corrected chi connectivity index (χ3v) is 5.14. The Morgan fingerprint density at radius 2 is 1.90 bits per heavy atom. The molecule has 1 saturated heterocycles. The third kappa shape index (κ3) is 4.50. The highest BCUT2D eigenvalue weighted by atomic mass is 35.5. The van der Waals surface area contributed by atoms with Crippen molar-refractivity contribution in [2.75, 3.05) is 26.9 Å². The van der Waals surface area contributed by atoms with E-state index in [-0.39, 0.29) is 11.3 Å². The molecule has 0 saturated carbocycles. The molecular formula is C23H24ClNO5. The molecule has 0 bridgehead atoms. The van der Waals surface area contributed by atoms with Gasteiger partial charge in [-0.2, -0.15) is 0 Å². The zero-order chi connectivity index (χ0) is 21.7. The van der Waals surface area contributed by atoms with Gasteiger partial charge in [0.1, 0.15) is 11.5 Å². The summed E-state index contributed by atoms with van der Waals surface area (Å²) in [5.41, 5.74) is 1.15. The molecule has 3 rings (SSSR count). The van der Waals surface area contributed by atoms with Gasteiger partial charge >= 0.3 is 0 Å². The summed E-state index contributed by atoms with van der Waals surface area (Å²) < 4.78 is 10.7. The highest BCUT2D eigenvalue weighted by Gasteiger charge is 2.45. The van der Waals surface area contributed by atoms with Gasteiger partial charge in [0.25, 0.3) is 11.7 Å². The van der Waals surface area contributed by atoms with Crippen LogP contribution in [-0.2, 0) is 14.3 Å². The minimum atomic E-state index is -0.724. The molecule has 2 aromatic rings. The smallest absolute Gasteiger partial charge is 0.295 e. The maximum Gasteiger partial charge on any atom is 0.295 e. The lowest BCUT2D eigenvalue weighted by molar-refractivity contribution is -0.140. The summed E-state index contributed by atoms with van der Waals surface area (Å²) in [7, 11) is 1.58. The lowest BCUT2D eigenvalue weighted by atomic mass is 9.95. The first-order valence-corrected chi connectivity index (χ1v) is 10.1. The van der Waals surface area contributed by atoms with E-state index in [4.69, 9.17) is 21.1 Å². The number of hydrogen-bond donors (Lipinski definition) is 1. The number of halogens is 1. The van der Waals surface area contributed by atoms with E-state index in [1.165, 1.54) is 4.90 Å². The van der Waals surface area contributed by atoms with Crippen molar-refractivity contribution in [1.82, 2.24) is 4.90 Å². The Bertz CT molecular complexity index is 954. The molecule has 1 fully saturated rings. The van der Waals surface area contributed by atoms with Crippen molar-refractivity contribution in [3.05, 3.63) is 70.3 Å². The van der Waals surface area contributed by atoms with Crippen LogP contribution in [0.15, 0.2) is 54.1 Å². The van der Waals surface area contributed by atoms with E-state index in [0.717, 1.165) is 0 Å². The molecule has 1 aliphatic rings. The van der Waals surface area contributed by atoms with Crippen LogP contribution in [0.3, 0.4) is 0 Å². The molecule has 1 amide bonds. The van der Waals surface area contributed by atoms with E-state index in [2.05, 4.69) is 0 Å². The highest BCUT2D eigenvalue weighted by Crippen LogP contribution is 2.40. The van der Waals surface area contributed by atoms with E-state index in [9.17, 15) is 14.7 Å². The maximum absolute atomic E-state index is 12.9. The fraction of sp³-hybridized carbons (Fsp3) is 0.304. The minimum Gasteiger partial charge on any atom is -0.507 e. The number of carbonyl (C=O) groups excluding carboxylic acids is 2. The number of amides is 1. The fourth-order valence-corrected chi connectivity index (χ4v) is 3.67. The summed E-state index contributed by atoms with van der Waals surface area (Å²) in [6.45, 7) is 3.14. The first kappa shape index (κ1) is 21.9. The Morgan fingerprint density at radius 1 is 1.17 bits per heavy atom. The van der Waals surface area contributed by atoms with Gasteiger partial charge in [0.05, 0.1) is 18.2 Å². The van der Waals surface area contributed by atoms with Gasteiger partial charge in [-0.25, -0.2) is 0 Å². The van der Waals surface area contributed by atoms with E-state index >= 15 is 0 Å². The topological polar surface area (TPSA) is 76.1 Å². The molecule has 1 atom stereocenters. The largest absolute Gasteiger partial charge is 0.507 e. The van der Waals surface area contributed by atoms with Crippen molar-refractivity contribution in [2.24, 2.45) is 0 Å². The van der Waals surface area contributed by atoms with Gasteiger partial charge in [-0.05, 0) is 55.3 Å². The number of aliphatic hydroxyl groups is 1. The molecule has 2 aromatic carbocycles. The number of rotatable bonds is 8. The number of ether oxygens (including phenoxy) is 2. The zero-order valence-electron chi connectivity index (χ0n) is 16.9. The number of nitrogens with zero attached hydrogens (tertiary/aromatic N) is 1. The number of ketones is 1. The van der Waals surface area contributed by atoms with E-state index < -0.39 is 17.7 Å². The summed E-state index contributed by atoms with van der Waals surface area (Å²) in [5.74, 6) is -0.963. The molecule has 158 valence electrons. The molecular weight excluding hydrogens is 406 g/mol. The van der Waals surface area contributed by atoms with Crippen LogP contribution in [0.4, 0.5) is 0 Å². The molecule has 0 radical (unpaired) electrons. The standard InChI is InChI=1S/C23H24ClNO5/c1-3-30-18-7-4-6-16(14-18)20-19(21(26)15-8-10-17(24)11-9-15)22(27)23(28)25(20)12-5-13-29-2/h4,6-11,14,20,26H,3,5,12-13H2,1-2H3/b21-19+. The van der Waals surface area contributed by atoms with Crippen molar-refractivity contribution in [2.45, 2.75) is 19.4 Å². The number of likely N-dealkylation sites (tertiary alicyclic amines) is 1. The predicted octanol–water partition coefficient (Wildman–Crippen LogP) is 4.20. The van der Waals surface area contributed by atoms with Gasteiger partial charge in [-0.15, -0.1) is 0 Å². The van der Waals surface area contributed by atoms with Crippen LogP contribution >= 0.6 is 11.6 Å². The predicted molar refractivity (Wildman–Crippen MR) is 115 cm³/mol. The Morgan fingerprint density at radius 3 is 2.57 bits per heavy atom. The van der Waals surface area contributed by atoms with Crippen LogP contribution < -0.4 is 4.74 Å². The number of hydrogen-bond acceptors (Lipinski definition) is 5. The van der Waals surface area contributed by atoms with Gasteiger partial charge in [-0.1, -0.05) is 23.7 Å². The van der Waals surface area contributed by atoms with Crippen molar-refractivity contribution < 1.29 is 24.2 Å². The van der Waals surface area contributed by atoms with Crippen LogP contribution in [0.25, 0.3) is 5.76 Å². The molecule has 1 heterocycles. The first-order valence-electron chi connectivity index (χ1n) is 9.74. The van der Waals surface area contributed by atoms with Gasteiger partial charge in [0.15, 0.2) is 0 Å². The van der Waals surface area contributed by atoms with Gasteiger partial charge in [-0.3, -0.25) is 9.59 Å². The molecule has 0 spiro atoms. The SMILES string of the molecule is CCOc1cccc(C2/C(=C(\O)c3ccc(Cl)cc3)C(=O)C(=O)N2CCCOC)c1.